The Kier molecular flexibility index (Phi) is 4.19. The number of thioether (sulfide) groups is 1. The number of benzene rings is 1. The Hall–Kier alpha value is -2.02. The van der Waals surface area contributed by atoms with Gasteiger partial charge in [0.15, 0.2) is 5.16 Å². The molecule has 0 aliphatic carbocycles. The lowest BCUT2D eigenvalue weighted by Gasteiger charge is -2.06. The zero-order chi connectivity index (χ0) is 12.8. The predicted molar refractivity (Wildman–Crippen MR) is 68.7 cm³/mol. The monoisotopic (exact) mass is 264 g/mol. The summed E-state index contributed by atoms with van der Waals surface area (Å²) in [5.41, 5.74) is 0.706. The maximum atomic E-state index is 11.7. The number of amides is 1. The number of nitrogens with zero attached hydrogens (tertiary/aromatic N) is 2. The van der Waals surface area contributed by atoms with Crippen LogP contribution in [0, 0.1) is 0 Å². The van der Waals surface area contributed by atoms with Crippen molar-refractivity contribution in [3.63, 3.8) is 0 Å². The number of aromatic amines is 1. The first-order valence-electron chi connectivity index (χ1n) is 5.20. The van der Waals surface area contributed by atoms with E-state index in [-0.39, 0.29) is 11.7 Å². The van der Waals surface area contributed by atoms with E-state index >= 15 is 0 Å². The first-order valence-corrected chi connectivity index (χ1v) is 6.18. The van der Waals surface area contributed by atoms with Crippen molar-refractivity contribution in [1.29, 1.82) is 0 Å². The van der Waals surface area contributed by atoms with E-state index in [0.717, 1.165) is 0 Å². The lowest BCUT2D eigenvalue weighted by molar-refractivity contribution is -0.113. The van der Waals surface area contributed by atoms with Gasteiger partial charge in [0.2, 0.25) is 5.91 Å². The quantitative estimate of drug-likeness (QED) is 0.801. The molecule has 94 valence electrons. The number of nitrogens with one attached hydrogen (secondary N) is 2. The highest BCUT2D eigenvalue weighted by atomic mass is 32.2. The fourth-order valence-electron chi connectivity index (χ4n) is 1.30. The van der Waals surface area contributed by atoms with Crippen LogP contribution in [0.25, 0.3) is 0 Å². The number of aromatic nitrogens is 3. The number of hydrogen-bond acceptors (Lipinski definition) is 5. The SMILES string of the molecule is COc1cccc(NC(=O)CSc2ncn[nH]2)c1. The van der Waals surface area contributed by atoms with Crippen LogP contribution >= 0.6 is 11.8 Å². The molecule has 1 aromatic heterocycles. The van der Waals surface area contributed by atoms with Gasteiger partial charge in [-0.3, -0.25) is 9.89 Å². The van der Waals surface area contributed by atoms with Crippen LogP contribution in [0.4, 0.5) is 5.69 Å². The van der Waals surface area contributed by atoms with E-state index in [2.05, 4.69) is 20.5 Å². The molecule has 1 aromatic carbocycles. The summed E-state index contributed by atoms with van der Waals surface area (Å²) in [5.74, 6) is 0.868. The summed E-state index contributed by atoms with van der Waals surface area (Å²) in [7, 11) is 1.58. The van der Waals surface area contributed by atoms with Gasteiger partial charge in [-0.05, 0) is 12.1 Å². The average Bonchev–Trinajstić information content (AvgIpc) is 2.90. The maximum absolute atomic E-state index is 11.7. The van der Waals surface area contributed by atoms with Gasteiger partial charge in [-0.2, -0.15) is 5.10 Å². The largest absolute Gasteiger partial charge is 0.497 e. The zero-order valence-corrected chi connectivity index (χ0v) is 10.5. The minimum Gasteiger partial charge on any atom is -0.497 e. The second kappa shape index (κ2) is 6.06. The van der Waals surface area contributed by atoms with Crippen LogP contribution in [0.3, 0.4) is 0 Å². The molecule has 18 heavy (non-hydrogen) atoms. The Balaban J connectivity index is 1.86. The van der Waals surface area contributed by atoms with Crippen molar-refractivity contribution < 1.29 is 9.53 Å². The van der Waals surface area contributed by atoms with Crippen LogP contribution in [-0.4, -0.2) is 34.0 Å². The Morgan fingerprint density at radius 3 is 3.17 bits per heavy atom. The van der Waals surface area contributed by atoms with Crippen molar-refractivity contribution in [3.8, 4) is 5.75 Å². The standard InChI is InChI=1S/C11H12N4O2S/c1-17-9-4-2-3-8(5-9)14-10(16)6-18-11-12-7-13-15-11/h2-5,7H,6H2,1H3,(H,14,16)(H,12,13,15). The molecule has 2 N–H and O–H groups in total. The average molecular weight is 264 g/mol. The van der Waals surface area contributed by atoms with E-state index in [1.165, 1.54) is 18.1 Å². The maximum Gasteiger partial charge on any atom is 0.234 e. The van der Waals surface area contributed by atoms with Crippen LogP contribution in [0.1, 0.15) is 0 Å². The first-order chi connectivity index (χ1) is 8.78. The molecule has 0 aliphatic heterocycles. The highest BCUT2D eigenvalue weighted by Crippen LogP contribution is 2.17. The number of carbonyl (C=O) groups excluding carboxylic acids is 1. The molecule has 2 rings (SSSR count). The molecule has 2 aromatic rings. The fourth-order valence-corrected chi connectivity index (χ4v) is 1.87. The number of H-pyrrole nitrogens is 1. The van der Waals surface area contributed by atoms with Gasteiger partial charge in [0.05, 0.1) is 12.9 Å². The van der Waals surface area contributed by atoms with E-state index in [9.17, 15) is 4.79 Å². The third-order valence-corrected chi connectivity index (χ3v) is 2.96. The third-order valence-electron chi connectivity index (χ3n) is 2.09. The molecule has 0 spiro atoms. The van der Waals surface area contributed by atoms with Crippen LogP contribution in [0.5, 0.6) is 5.75 Å². The summed E-state index contributed by atoms with van der Waals surface area (Å²) in [5, 5.41) is 9.78. The Morgan fingerprint density at radius 1 is 1.56 bits per heavy atom. The number of carbonyl (C=O) groups is 1. The third kappa shape index (κ3) is 3.49. The minimum absolute atomic E-state index is 0.107. The van der Waals surface area contributed by atoms with Crippen LogP contribution in [-0.2, 0) is 4.79 Å². The summed E-state index contributed by atoms with van der Waals surface area (Å²) in [6.07, 6.45) is 1.41. The predicted octanol–water partition coefficient (Wildman–Crippen LogP) is 1.54. The molecule has 0 saturated carbocycles. The number of methoxy groups -OCH3 is 1. The van der Waals surface area contributed by atoms with Crippen molar-refractivity contribution in [2.45, 2.75) is 5.16 Å². The first kappa shape index (κ1) is 12.4. The Morgan fingerprint density at radius 2 is 2.44 bits per heavy atom. The van der Waals surface area contributed by atoms with Crippen molar-refractivity contribution in [1.82, 2.24) is 15.2 Å². The second-order valence-corrected chi connectivity index (χ2v) is 4.32. The van der Waals surface area contributed by atoms with Gasteiger partial charge in [-0.15, -0.1) is 0 Å². The molecule has 6 nitrogen and oxygen atoms in total. The molecule has 1 heterocycles. The number of ether oxygens (including phenoxy) is 1. The topological polar surface area (TPSA) is 79.9 Å². The van der Waals surface area contributed by atoms with Crippen molar-refractivity contribution in [2.75, 3.05) is 18.2 Å². The number of hydrogen-bond donors (Lipinski definition) is 2. The van der Waals surface area contributed by atoms with Gasteiger partial charge >= 0.3 is 0 Å². The summed E-state index contributed by atoms with van der Waals surface area (Å²) < 4.78 is 5.08. The molecule has 0 saturated heterocycles. The van der Waals surface area contributed by atoms with E-state index in [1.807, 2.05) is 12.1 Å². The van der Waals surface area contributed by atoms with Crippen LogP contribution in [0.15, 0.2) is 35.7 Å². The molecule has 0 aliphatic rings. The highest BCUT2D eigenvalue weighted by molar-refractivity contribution is 7.99. The normalized spacial score (nSPS) is 10.1. The van der Waals surface area contributed by atoms with Crippen molar-refractivity contribution in [3.05, 3.63) is 30.6 Å². The zero-order valence-electron chi connectivity index (χ0n) is 9.71. The summed E-state index contributed by atoms with van der Waals surface area (Å²) in [6.45, 7) is 0. The molecule has 0 bridgehead atoms. The van der Waals surface area contributed by atoms with E-state index < -0.39 is 0 Å². The molecule has 0 fully saturated rings. The second-order valence-electron chi connectivity index (χ2n) is 3.36. The van der Waals surface area contributed by atoms with Gasteiger partial charge in [0, 0.05) is 11.8 Å². The van der Waals surface area contributed by atoms with Crippen LogP contribution in [0.2, 0.25) is 0 Å². The summed E-state index contributed by atoms with van der Waals surface area (Å²) >= 11 is 1.29. The van der Waals surface area contributed by atoms with Gasteiger partial charge in [-0.1, -0.05) is 17.8 Å². The minimum atomic E-state index is -0.107. The van der Waals surface area contributed by atoms with Crippen molar-refractivity contribution >= 4 is 23.4 Å². The molecular weight excluding hydrogens is 252 g/mol. The lowest BCUT2D eigenvalue weighted by atomic mass is 10.3. The van der Waals surface area contributed by atoms with Gasteiger partial charge in [0.25, 0.3) is 0 Å². The van der Waals surface area contributed by atoms with E-state index in [0.29, 0.717) is 16.6 Å². The van der Waals surface area contributed by atoms with E-state index in [1.54, 1.807) is 19.2 Å². The Bertz CT molecular complexity index is 516. The van der Waals surface area contributed by atoms with Crippen LogP contribution < -0.4 is 10.1 Å². The van der Waals surface area contributed by atoms with Gasteiger partial charge < -0.3 is 10.1 Å². The molecule has 1 amide bonds. The molecular formula is C11H12N4O2S. The van der Waals surface area contributed by atoms with E-state index in [4.69, 9.17) is 4.74 Å². The molecule has 0 radical (unpaired) electrons. The number of anilines is 1. The molecule has 0 unspecified atom stereocenters. The molecule has 7 heteroatoms. The van der Waals surface area contributed by atoms with Crippen molar-refractivity contribution in [2.24, 2.45) is 0 Å². The molecule has 0 atom stereocenters. The fraction of sp³-hybridized carbons (Fsp3) is 0.182. The number of rotatable bonds is 5. The highest BCUT2D eigenvalue weighted by Gasteiger charge is 2.05. The Labute approximate surface area is 108 Å². The smallest absolute Gasteiger partial charge is 0.234 e. The summed E-state index contributed by atoms with van der Waals surface area (Å²) in [4.78, 5) is 15.6. The van der Waals surface area contributed by atoms with Gasteiger partial charge in [0.1, 0.15) is 12.1 Å². The van der Waals surface area contributed by atoms with Gasteiger partial charge in [-0.25, -0.2) is 4.98 Å². The summed E-state index contributed by atoms with van der Waals surface area (Å²) in [6, 6.07) is 7.20. The lowest BCUT2D eigenvalue weighted by Crippen LogP contribution is -2.14.